The first-order chi connectivity index (χ1) is 12.4. The normalized spacial score (nSPS) is 17.8. The molecule has 0 radical (unpaired) electrons. The largest absolute Gasteiger partial charge is 0.390 e. The molecule has 6 heteroatoms. The van der Waals surface area contributed by atoms with E-state index in [1.807, 2.05) is 0 Å². The molecular formula is C18H22N4O2. The molecule has 0 fully saturated rings. The van der Waals surface area contributed by atoms with Crippen molar-refractivity contribution < 1.29 is 14.3 Å². The number of nitrogens with zero attached hydrogens (tertiary/aromatic N) is 3. The van der Waals surface area contributed by atoms with Crippen molar-refractivity contribution in [3.63, 3.8) is 0 Å². The van der Waals surface area contributed by atoms with Gasteiger partial charge in [-0.15, -0.1) is 0 Å². The summed E-state index contributed by atoms with van der Waals surface area (Å²) in [6.07, 6.45) is 2.20. The lowest BCUT2D eigenvalue weighted by Crippen LogP contribution is -2.34. The number of aryl methyl sites for hydroxylation is 2. The highest BCUT2D eigenvalue weighted by Crippen LogP contribution is 2.32. The number of anilines is 1. The Kier molecular flexibility index (Phi) is 3.00. The van der Waals surface area contributed by atoms with Crippen molar-refractivity contribution in [1.29, 1.82) is 0 Å². The van der Waals surface area contributed by atoms with Gasteiger partial charge in [-0.05, 0) is 44.8 Å². The SMILES string of the molecule is [2H]C([2H])([2H])c1ccc(C(C)(O)C(C)O)cc1-c1cnc2c(N)nc(C)cn12. The minimum absolute atomic E-state index is 0.113. The summed E-state index contributed by atoms with van der Waals surface area (Å²) in [6.45, 7) is 2.36. The van der Waals surface area contributed by atoms with E-state index < -0.39 is 18.6 Å². The van der Waals surface area contributed by atoms with Gasteiger partial charge >= 0.3 is 0 Å². The van der Waals surface area contributed by atoms with Gasteiger partial charge in [-0.2, -0.15) is 0 Å². The highest BCUT2D eigenvalue weighted by Gasteiger charge is 2.29. The van der Waals surface area contributed by atoms with E-state index in [1.165, 1.54) is 32.2 Å². The van der Waals surface area contributed by atoms with Crippen LogP contribution in [0.15, 0.2) is 30.6 Å². The van der Waals surface area contributed by atoms with Crippen LogP contribution in [-0.4, -0.2) is 30.7 Å². The number of benzene rings is 1. The maximum Gasteiger partial charge on any atom is 0.180 e. The number of fused-ring (bicyclic) bond motifs is 1. The summed E-state index contributed by atoms with van der Waals surface area (Å²) < 4.78 is 25.3. The lowest BCUT2D eigenvalue weighted by Gasteiger charge is -2.27. The first kappa shape index (κ1) is 12.9. The van der Waals surface area contributed by atoms with E-state index in [1.54, 1.807) is 23.6 Å². The molecular weight excluding hydrogens is 304 g/mol. The number of aliphatic hydroxyl groups is 2. The van der Waals surface area contributed by atoms with E-state index in [0.29, 0.717) is 28.2 Å². The molecule has 0 aliphatic carbocycles. The maximum atomic E-state index is 10.6. The van der Waals surface area contributed by atoms with E-state index in [0.717, 1.165) is 0 Å². The van der Waals surface area contributed by atoms with Crippen molar-refractivity contribution in [2.75, 3.05) is 5.73 Å². The predicted octanol–water partition coefficient (Wildman–Crippen LogP) is 2.18. The van der Waals surface area contributed by atoms with Gasteiger partial charge in [0.2, 0.25) is 0 Å². The number of rotatable bonds is 3. The summed E-state index contributed by atoms with van der Waals surface area (Å²) >= 11 is 0. The fourth-order valence-corrected chi connectivity index (χ4v) is 2.65. The average Bonchev–Trinajstić information content (AvgIpc) is 2.97. The van der Waals surface area contributed by atoms with E-state index >= 15 is 0 Å². The number of imidazole rings is 1. The molecule has 3 aromatic rings. The summed E-state index contributed by atoms with van der Waals surface area (Å²) in [5, 5.41) is 20.6. The highest BCUT2D eigenvalue weighted by atomic mass is 16.3. The van der Waals surface area contributed by atoms with Gasteiger partial charge in [-0.25, -0.2) is 9.97 Å². The first-order valence-electron chi connectivity index (χ1n) is 9.09. The second-order valence-electron chi connectivity index (χ2n) is 6.19. The summed E-state index contributed by atoms with van der Waals surface area (Å²) in [5.41, 5.74) is 6.86. The molecule has 126 valence electrons. The quantitative estimate of drug-likeness (QED) is 0.684. The molecule has 6 nitrogen and oxygen atoms in total. The van der Waals surface area contributed by atoms with Crippen molar-refractivity contribution in [2.45, 2.75) is 39.3 Å². The van der Waals surface area contributed by atoms with Crippen molar-refractivity contribution in [1.82, 2.24) is 14.4 Å². The van der Waals surface area contributed by atoms with Gasteiger partial charge in [-0.1, -0.05) is 12.1 Å². The summed E-state index contributed by atoms with van der Waals surface area (Å²) in [5.74, 6) is 0.240. The lowest BCUT2D eigenvalue weighted by atomic mass is 9.88. The molecule has 4 N–H and O–H groups in total. The Hall–Kier alpha value is -2.44. The fraction of sp³-hybridized carbons (Fsp3) is 0.333. The monoisotopic (exact) mass is 329 g/mol. The second-order valence-corrected chi connectivity index (χ2v) is 6.19. The summed E-state index contributed by atoms with van der Waals surface area (Å²) in [6, 6.07) is 4.54. The van der Waals surface area contributed by atoms with Crippen LogP contribution in [-0.2, 0) is 5.60 Å². The Morgan fingerprint density at radius 1 is 1.42 bits per heavy atom. The number of aromatic nitrogens is 3. The number of nitrogen functional groups attached to an aromatic ring is 1. The average molecular weight is 329 g/mol. The van der Waals surface area contributed by atoms with Crippen molar-refractivity contribution in [3.8, 4) is 11.3 Å². The molecule has 0 saturated carbocycles. The molecule has 2 unspecified atom stereocenters. The van der Waals surface area contributed by atoms with Crippen LogP contribution in [0.5, 0.6) is 0 Å². The first-order valence-corrected chi connectivity index (χ1v) is 7.59. The molecule has 0 amide bonds. The molecule has 24 heavy (non-hydrogen) atoms. The number of aliphatic hydroxyl groups excluding tert-OH is 1. The van der Waals surface area contributed by atoms with Crippen LogP contribution in [0.1, 0.15) is 34.8 Å². The van der Waals surface area contributed by atoms with Gasteiger partial charge in [0, 0.05) is 15.9 Å². The summed E-state index contributed by atoms with van der Waals surface area (Å²) in [4.78, 5) is 8.44. The number of hydrogen-bond acceptors (Lipinski definition) is 5. The Morgan fingerprint density at radius 2 is 2.17 bits per heavy atom. The Labute approximate surface area is 144 Å². The summed E-state index contributed by atoms with van der Waals surface area (Å²) in [7, 11) is 0. The van der Waals surface area contributed by atoms with E-state index in [-0.39, 0.29) is 11.4 Å². The van der Waals surface area contributed by atoms with Crippen molar-refractivity contribution in [2.24, 2.45) is 0 Å². The van der Waals surface area contributed by atoms with Gasteiger partial charge in [0.25, 0.3) is 0 Å². The molecule has 0 spiro atoms. The Balaban J connectivity index is 2.34. The van der Waals surface area contributed by atoms with Crippen LogP contribution < -0.4 is 5.73 Å². The minimum Gasteiger partial charge on any atom is -0.390 e. The van der Waals surface area contributed by atoms with E-state index in [4.69, 9.17) is 9.85 Å². The minimum atomic E-state index is -2.37. The van der Waals surface area contributed by atoms with Crippen LogP contribution >= 0.6 is 0 Å². The zero-order valence-corrected chi connectivity index (χ0v) is 13.8. The molecule has 3 rings (SSSR count). The third-order valence-corrected chi connectivity index (χ3v) is 4.33. The molecule has 0 aliphatic rings. The molecule has 2 atom stereocenters. The van der Waals surface area contributed by atoms with Gasteiger partial charge in [0.1, 0.15) is 5.60 Å². The van der Waals surface area contributed by atoms with Crippen LogP contribution in [0.3, 0.4) is 0 Å². The van der Waals surface area contributed by atoms with Crippen LogP contribution in [0.25, 0.3) is 16.9 Å². The van der Waals surface area contributed by atoms with Crippen LogP contribution in [0.4, 0.5) is 5.82 Å². The third-order valence-electron chi connectivity index (χ3n) is 4.33. The molecule has 1 aromatic carbocycles. The van der Waals surface area contributed by atoms with Gasteiger partial charge in [0.15, 0.2) is 11.5 Å². The van der Waals surface area contributed by atoms with Crippen LogP contribution in [0.2, 0.25) is 0 Å². The number of hydrogen-bond donors (Lipinski definition) is 3. The zero-order chi connectivity index (χ0) is 20.1. The van der Waals surface area contributed by atoms with Crippen molar-refractivity contribution >= 4 is 11.5 Å². The van der Waals surface area contributed by atoms with Gasteiger partial charge < -0.3 is 15.9 Å². The predicted molar refractivity (Wildman–Crippen MR) is 93.6 cm³/mol. The van der Waals surface area contributed by atoms with E-state index in [2.05, 4.69) is 9.97 Å². The number of nitrogens with two attached hydrogens (primary N) is 1. The topological polar surface area (TPSA) is 96.7 Å². The molecule has 0 bridgehead atoms. The van der Waals surface area contributed by atoms with E-state index in [9.17, 15) is 10.2 Å². The molecule has 0 saturated heterocycles. The third kappa shape index (κ3) is 2.53. The Morgan fingerprint density at radius 3 is 2.83 bits per heavy atom. The van der Waals surface area contributed by atoms with Gasteiger partial charge in [0.05, 0.1) is 23.7 Å². The molecule has 0 aliphatic heterocycles. The zero-order valence-electron chi connectivity index (χ0n) is 16.8. The van der Waals surface area contributed by atoms with Crippen LogP contribution in [0, 0.1) is 13.8 Å². The highest BCUT2D eigenvalue weighted by molar-refractivity contribution is 5.72. The molecule has 2 aromatic heterocycles. The van der Waals surface area contributed by atoms with Crippen molar-refractivity contribution in [3.05, 3.63) is 47.4 Å². The maximum absolute atomic E-state index is 10.6. The molecule has 2 heterocycles. The standard InChI is InChI=1S/C18H22N4O2/c1-10-5-6-13(18(4,24)12(3)23)7-14(10)15-8-20-17-16(19)21-11(2)9-22(15)17/h5-9,12,23-24H,1-4H3,(H2,19,21)/i1D3. The fourth-order valence-electron chi connectivity index (χ4n) is 2.65. The smallest absolute Gasteiger partial charge is 0.180 e. The van der Waals surface area contributed by atoms with Gasteiger partial charge in [-0.3, -0.25) is 4.40 Å². The Bertz CT molecular complexity index is 1010. The lowest BCUT2D eigenvalue weighted by molar-refractivity contribution is -0.0569. The second kappa shape index (κ2) is 5.58.